The zero-order chi connectivity index (χ0) is 12.0. The molecule has 0 aliphatic carbocycles. The van der Waals surface area contributed by atoms with Crippen LogP contribution < -0.4 is 0 Å². The zero-order valence-corrected chi connectivity index (χ0v) is 11.0. The predicted molar refractivity (Wildman–Crippen MR) is 64.4 cm³/mol. The Hall–Kier alpha value is -0.610. The van der Waals surface area contributed by atoms with Gasteiger partial charge < -0.3 is 9.30 Å². The van der Waals surface area contributed by atoms with Crippen molar-refractivity contribution in [3.63, 3.8) is 0 Å². The fourth-order valence-electron chi connectivity index (χ4n) is 1.46. The van der Waals surface area contributed by atoms with E-state index in [1.54, 1.807) is 0 Å². The van der Waals surface area contributed by atoms with Gasteiger partial charge in [-0.2, -0.15) is 0 Å². The lowest BCUT2D eigenvalue weighted by Crippen LogP contribution is -2.12. The van der Waals surface area contributed by atoms with E-state index in [0.29, 0.717) is 18.4 Å². The summed E-state index contributed by atoms with van der Waals surface area (Å²) in [7, 11) is 0. The van der Waals surface area contributed by atoms with Crippen LogP contribution in [0.5, 0.6) is 0 Å². The maximum absolute atomic E-state index is 5.83. The third-order valence-corrected chi connectivity index (χ3v) is 2.39. The summed E-state index contributed by atoms with van der Waals surface area (Å²) in [5, 5.41) is 8.18. The summed E-state index contributed by atoms with van der Waals surface area (Å²) in [6.45, 7) is 8.57. The Morgan fingerprint density at radius 1 is 1.31 bits per heavy atom. The lowest BCUT2D eigenvalue weighted by Gasteiger charge is -2.11. The third kappa shape index (κ3) is 3.76. The minimum Gasteiger partial charge on any atom is -0.373 e. The highest BCUT2D eigenvalue weighted by molar-refractivity contribution is 6.16. The third-order valence-electron chi connectivity index (χ3n) is 2.15. The molecule has 0 atom stereocenters. The molecule has 16 heavy (non-hydrogen) atoms. The van der Waals surface area contributed by atoms with Gasteiger partial charge in [-0.05, 0) is 12.3 Å². The van der Waals surface area contributed by atoms with E-state index < -0.39 is 0 Å². The molecule has 1 aromatic heterocycles. The van der Waals surface area contributed by atoms with E-state index >= 15 is 0 Å². The Labute approximate surface area is 102 Å². The maximum atomic E-state index is 5.83. The van der Waals surface area contributed by atoms with Crippen LogP contribution in [0, 0.1) is 5.92 Å². The number of hydrogen-bond donors (Lipinski definition) is 0. The molecule has 0 amide bonds. The number of rotatable bonds is 7. The monoisotopic (exact) mass is 245 g/mol. The first-order valence-electron chi connectivity index (χ1n) is 5.73. The largest absolute Gasteiger partial charge is 0.373 e. The van der Waals surface area contributed by atoms with Crippen molar-refractivity contribution < 1.29 is 4.74 Å². The van der Waals surface area contributed by atoms with E-state index in [2.05, 4.69) is 35.5 Å². The van der Waals surface area contributed by atoms with Crippen LogP contribution >= 0.6 is 11.6 Å². The molecule has 0 radical (unpaired) electrons. The Kier molecular flexibility index (Phi) is 5.77. The van der Waals surface area contributed by atoms with E-state index in [-0.39, 0.29) is 0 Å². The van der Waals surface area contributed by atoms with Crippen LogP contribution in [0.25, 0.3) is 0 Å². The first-order valence-corrected chi connectivity index (χ1v) is 6.27. The average molecular weight is 246 g/mol. The number of alkyl halides is 1. The normalized spacial score (nSPS) is 11.3. The van der Waals surface area contributed by atoms with Gasteiger partial charge in [0, 0.05) is 13.2 Å². The van der Waals surface area contributed by atoms with E-state index in [0.717, 1.165) is 31.2 Å². The smallest absolute Gasteiger partial charge is 0.159 e. The van der Waals surface area contributed by atoms with Gasteiger partial charge in [-0.25, -0.2) is 0 Å². The molecule has 1 aromatic rings. The van der Waals surface area contributed by atoms with Crippen LogP contribution in [0.3, 0.4) is 0 Å². The molecule has 0 fully saturated rings. The highest BCUT2D eigenvalue weighted by Crippen LogP contribution is 2.10. The predicted octanol–water partition coefficient (Wildman–Crippen LogP) is 2.60. The molecule has 0 bridgehead atoms. The maximum Gasteiger partial charge on any atom is 0.159 e. The Balaban J connectivity index is 2.70. The summed E-state index contributed by atoms with van der Waals surface area (Å²) >= 11 is 5.83. The lowest BCUT2D eigenvalue weighted by atomic mass is 10.2. The summed E-state index contributed by atoms with van der Waals surface area (Å²) in [4.78, 5) is 0. The Morgan fingerprint density at radius 3 is 2.56 bits per heavy atom. The minimum absolute atomic E-state index is 0.396. The highest BCUT2D eigenvalue weighted by Gasteiger charge is 2.12. The van der Waals surface area contributed by atoms with Crippen molar-refractivity contribution in [1.29, 1.82) is 0 Å². The molecule has 0 aliphatic rings. The fraction of sp³-hybridized carbons (Fsp3) is 0.818. The minimum atomic E-state index is 0.396. The summed E-state index contributed by atoms with van der Waals surface area (Å²) < 4.78 is 7.55. The number of hydrogen-bond acceptors (Lipinski definition) is 3. The average Bonchev–Trinajstić information content (AvgIpc) is 2.61. The first-order chi connectivity index (χ1) is 7.69. The molecule has 4 nitrogen and oxygen atoms in total. The SMILES string of the molecule is CCCOCc1nnc(CCl)n1CC(C)C. The van der Waals surface area contributed by atoms with Crippen LogP contribution in [0.1, 0.15) is 38.8 Å². The van der Waals surface area contributed by atoms with Crippen molar-refractivity contribution in [3.05, 3.63) is 11.6 Å². The lowest BCUT2D eigenvalue weighted by molar-refractivity contribution is 0.112. The summed E-state index contributed by atoms with van der Waals surface area (Å²) in [6.07, 6.45) is 1.01. The summed E-state index contributed by atoms with van der Waals surface area (Å²) in [6, 6.07) is 0. The van der Waals surface area contributed by atoms with Crippen LogP contribution in [0.4, 0.5) is 0 Å². The molecule has 5 heteroatoms. The fourth-order valence-corrected chi connectivity index (χ4v) is 1.66. The quantitative estimate of drug-likeness (QED) is 0.548. The van der Waals surface area contributed by atoms with Gasteiger partial charge in [-0.15, -0.1) is 21.8 Å². The second-order valence-corrected chi connectivity index (χ2v) is 4.49. The van der Waals surface area contributed by atoms with Crippen molar-refractivity contribution in [3.8, 4) is 0 Å². The van der Waals surface area contributed by atoms with Gasteiger partial charge in [0.2, 0.25) is 0 Å². The molecule has 0 N–H and O–H groups in total. The topological polar surface area (TPSA) is 39.9 Å². The van der Waals surface area contributed by atoms with Crippen molar-refractivity contribution in [2.75, 3.05) is 6.61 Å². The molecule has 0 aromatic carbocycles. The number of aromatic nitrogens is 3. The number of ether oxygens (including phenoxy) is 1. The van der Waals surface area contributed by atoms with E-state index in [1.165, 1.54) is 0 Å². The van der Waals surface area contributed by atoms with Crippen molar-refractivity contribution in [1.82, 2.24) is 14.8 Å². The van der Waals surface area contributed by atoms with Crippen molar-refractivity contribution in [2.45, 2.75) is 46.2 Å². The van der Waals surface area contributed by atoms with Crippen molar-refractivity contribution >= 4 is 11.6 Å². The van der Waals surface area contributed by atoms with Gasteiger partial charge in [0.25, 0.3) is 0 Å². The Bertz CT molecular complexity index is 312. The van der Waals surface area contributed by atoms with E-state index in [1.807, 2.05) is 0 Å². The first kappa shape index (κ1) is 13.5. The highest BCUT2D eigenvalue weighted by atomic mass is 35.5. The molecule has 92 valence electrons. The number of halogens is 1. The van der Waals surface area contributed by atoms with Gasteiger partial charge in [-0.3, -0.25) is 0 Å². The van der Waals surface area contributed by atoms with Crippen LogP contribution in [0.2, 0.25) is 0 Å². The van der Waals surface area contributed by atoms with E-state index in [4.69, 9.17) is 16.3 Å². The molecule has 0 spiro atoms. The van der Waals surface area contributed by atoms with Crippen LogP contribution in [0.15, 0.2) is 0 Å². The molecule has 1 rings (SSSR count). The van der Waals surface area contributed by atoms with Crippen LogP contribution in [-0.2, 0) is 23.8 Å². The molecule has 0 saturated carbocycles. The van der Waals surface area contributed by atoms with Crippen molar-refractivity contribution in [2.24, 2.45) is 5.92 Å². The standard InChI is InChI=1S/C11H20ClN3O/c1-4-5-16-8-11-14-13-10(6-12)15(11)7-9(2)3/h9H,4-8H2,1-3H3. The van der Waals surface area contributed by atoms with Gasteiger partial charge in [-0.1, -0.05) is 20.8 Å². The molecule has 0 aliphatic heterocycles. The summed E-state index contributed by atoms with van der Waals surface area (Å²) in [5.41, 5.74) is 0. The zero-order valence-electron chi connectivity index (χ0n) is 10.2. The van der Waals surface area contributed by atoms with Gasteiger partial charge >= 0.3 is 0 Å². The van der Waals surface area contributed by atoms with E-state index in [9.17, 15) is 0 Å². The van der Waals surface area contributed by atoms with Crippen LogP contribution in [-0.4, -0.2) is 21.4 Å². The molecular formula is C11H20ClN3O. The molecule has 0 unspecified atom stereocenters. The molecule has 1 heterocycles. The van der Waals surface area contributed by atoms with Gasteiger partial charge in [0.1, 0.15) is 12.4 Å². The second kappa shape index (κ2) is 6.86. The van der Waals surface area contributed by atoms with Gasteiger partial charge in [0.05, 0.1) is 5.88 Å². The van der Waals surface area contributed by atoms with Gasteiger partial charge in [0.15, 0.2) is 5.82 Å². The molecule has 0 saturated heterocycles. The number of nitrogens with zero attached hydrogens (tertiary/aromatic N) is 3. The molecular weight excluding hydrogens is 226 g/mol. The second-order valence-electron chi connectivity index (χ2n) is 4.22. The summed E-state index contributed by atoms with van der Waals surface area (Å²) in [5.74, 6) is 2.64. The Morgan fingerprint density at radius 2 is 2.00 bits per heavy atom.